The van der Waals surface area contributed by atoms with Gasteiger partial charge in [-0.15, -0.1) is 0 Å². The number of nitrogens with zero attached hydrogens (tertiary/aromatic N) is 1. The summed E-state index contributed by atoms with van der Waals surface area (Å²) in [7, 11) is 0. The zero-order valence-electron chi connectivity index (χ0n) is 14.1. The summed E-state index contributed by atoms with van der Waals surface area (Å²) in [5.41, 5.74) is 2.87. The minimum atomic E-state index is 0.335. The molecule has 2 fully saturated rings. The van der Waals surface area contributed by atoms with Gasteiger partial charge in [0, 0.05) is 19.0 Å². The Labute approximate surface area is 134 Å². The highest BCUT2D eigenvalue weighted by molar-refractivity contribution is 5.79. The third-order valence-corrected chi connectivity index (χ3v) is 5.59. The standard InChI is InChI=1S/C20H29NO/c1-15(2)16-7-9-17(10-8-16)18-11-13-21(14-12-18)20(22)19-5-3-4-6-19/h7-10,15,18-19H,3-6,11-14H2,1-2H3. The second-order valence-corrected chi connectivity index (χ2v) is 7.40. The van der Waals surface area contributed by atoms with Crippen LogP contribution in [0.4, 0.5) is 0 Å². The summed E-state index contributed by atoms with van der Waals surface area (Å²) in [4.78, 5) is 14.6. The second kappa shape index (κ2) is 6.85. The van der Waals surface area contributed by atoms with Gasteiger partial charge in [-0.2, -0.15) is 0 Å². The molecule has 0 unspecified atom stereocenters. The van der Waals surface area contributed by atoms with Crippen LogP contribution in [0.3, 0.4) is 0 Å². The van der Waals surface area contributed by atoms with Crippen LogP contribution in [0.25, 0.3) is 0 Å². The minimum Gasteiger partial charge on any atom is -0.342 e. The lowest BCUT2D eigenvalue weighted by atomic mass is 9.87. The Hall–Kier alpha value is -1.31. The van der Waals surface area contributed by atoms with Crippen LogP contribution in [0.2, 0.25) is 0 Å². The summed E-state index contributed by atoms with van der Waals surface area (Å²) in [6.07, 6.45) is 6.98. The first-order valence-electron chi connectivity index (χ1n) is 9.04. The Morgan fingerprint density at radius 3 is 2.14 bits per heavy atom. The van der Waals surface area contributed by atoms with E-state index in [1.165, 1.54) is 24.0 Å². The number of likely N-dealkylation sites (tertiary alicyclic amines) is 1. The predicted octanol–water partition coefficient (Wildman–Crippen LogP) is 4.71. The molecule has 1 heterocycles. The molecule has 0 atom stereocenters. The van der Waals surface area contributed by atoms with Gasteiger partial charge in [0.25, 0.3) is 0 Å². The number of hydrogen-bond acceptors (Lipinski definition) is 1. The number of amides is 1. The maximum absolute atomic E-state index is 12.5. The van der Waals surface area contributed by atoms with Crippen molar-refractivity contribution in [3.8, 4) is 0 Å². The molecular formula is C20H29NO. The van der Waals surface area contributed by atoms with Gasteiger partial charge in [-0.1, -0.05) is 51.0 Å². The molecule has 120 valence electrons. The van der Waals surface area contributed by atoms with E-state index in [2.05, 4.69) is 43.0 Å². The van der Waals surface area contributed by atoms with Crippen molar-refractivity contribution in [1.82, 2.24) is 4.90 Å². The van der Waals surface area contributed by atoms with Gasteiger partial charge < -0.3 is 4.90 Å². The van der Waals surface area contributed by atoms with Crippen LogP contribution in [0.1, 0.15) is 75.3 Å². The van der Waals surface area contributed by atoms with Crippen LogP contribution in [0, 0.1) is 5.92 Å². The molecule has 22 heavy (non-hydrogen) atoms. The highest BCUT2D eigenvalue weighted by atomic mass is 16.2. The summed E-state index contributed by atoms with van der Waals surface area (Å²) in [5.74, 6) is 2.00. The Kier molecular flexibility index (Phi) is 4.85. The van der Waals surface area contributed by atoms with E-state index in [-0.39, 0.29) is 0 Å². The molecule has 0 N–H and O–H groups in total. The Bertz CT molecular complexity index is 491. The fraction of sp³-hybridized carbons (Fsp3) is 0.650. The molecule has 1 saturated carbocycles. The molecule has 2 aliphatic rings. The molecule has 1 aromatic carbocycles. The van der Waals surface area contributed by atoms with Crippen molar-refractivity contribution in [1.29, 1.82) is 0 Å². The Morgan fingerprint density at radius 1 is 1.00 bits per heavy atom. The van der Waals surface area contributed by atoms with Crippen LogP contribution in [0.5, 0.6) is 0 Å². The Balaban J connectivity index is 1.55. The van der Waals surface area contributed by atoms with E-state index >= 15 is 0 Å². The number of carbonyl (C=O) groups excluding carboxylic acids is 1. The SMILES string of the molecule is CC(C)c1ccc(C2CCN(C(=O)C3CCCC3)CC2)cc1. The van der Waals surface area contributed by atoms with E-state index < -0.39 is 0 Å². The van der Waals surface area contributed by atoms with Gasteiger partial charge >= 0.3 is 0 Å². The minimum absolute atomic E-state index is 0.335. The number of carbonyl (C=O) groups is 1. The van der Waals surface area contributed by atoms with Crippen molar-refractivity contribution in [2.75, 3.05) is 13.1 Å². The van der Waals surface area contributed by atoms with E-state index in [0.29, 0.717) is 23.7 Å². The molecule has 1 aliphatic heterocycles. The van der Waals surface area contributed by atoms with E-state index in [0.717, 1.165) is 38.8 Å². The Morgan fingerprint density at radius 2 is 1.59 bits per heavy atom. The molecule has 0 radical (unpaired) electrons. The van der Waals surface area contributed by atoms with Crippen molar-refractivity contribution in [2.24, 2.45) is 5.92 Å². The van der Waals surface area contributed by atoms with Gasteiger partial charge in [0.15, 0.2) is 0 Å². The summed E-state index contributed by atoms with van der Waals surface area (Å²) in [6.45, 7) is 6.38. The van der Waals surface area contributed by atoms with Crippen LogP contribution < -0.4 is 0 Å². The molecule has 0 spiro atoms. The number of piperidine rings is 1. The quantitative estimate of drug-likeness (QED) is 0.791. The highest BCUT2D eigenvalue weighted by Crippen LogP contribution is 2.32. The molecule has 0 bridgehead atoms. The second-order valence-electron chi connectivity index (χ2n) is 7.40. The normalized spacial score (nSPS) is 20.8. The maximum Gasteiger partial charge on any atom is 0.225 e. The van der Waals surface area contributed by atoms with Crippen LogP contribution in [0.15, 0.2) is 24.3 Å². The average Bonchev–Trinajstić information content (AvgIpc) is 3.09. The number of benzene rings is 1. The zero-order valence-corrected chi connectivity index (χ0v) is 14.1. The predicted molar refractivity (Wildman–Crippen MR) is 91.0 cm³/mol. The van der Waals surface area contributed by atoms with E-state index in [4.69, 9.17) is 0 Å². The zero-order chi connectivity index (χ0) is 15.5. The number of rotatable bonds is 3. The van der Waals surface area contributed by atoms with Gasteiger partial charge in [0.1, 0.15) is 0 Å². The number of hydrogen-bond donors (Lipinski definition) is 0. The first-order chi connectivity index (χ1) is 10.6. The van der Waals surface area contributed by atoms with Crippen molar-refractivity contribution in [3.63, 3.8) is 0 Å². The van der Waals surface area contributed by atoms with E-state index in [9.17, 15) is 4.79 Å². The first kappa shape index (κ1) is 15.6. The molecule has 1 aliphatic carbocycles. The molecule has 3 rings (SSSR count). The maximum atomic E-state index is 12.5. The molecule has 1 saturated heterocycles. The lowest BCUT2D eigenvalue weighted by Crippen LogP contribution is -2.40. The summed E-state index contributed by atoms with van der Waals surface area (Å²) in [5, 5.41) is 0. The lowest BCUT2D eigenvalue weighted by molar-refractivity contribution is -0.136. The van der Waals surface area contributed by atoms with Crippen molar-refractivity contribution in [2.45, 2.75) is 64.2 Å². The smallest absolute Gasteiger partial charge is 0.225 e. The topological polar surface area (TPSA) is 20.3 Å². The van der Waals surface area contributed by atoms with Gasteiger partial charge in [-0.3, -0.25) is 4.79 Å². The summed E-state index contributed by atoms with van der Waals surface area (Å²) < 4.78 is 0. The van der Waals surface area contributed by atoms with Crippen molar-refractivity contribution >= 4 is 5.91 Å². The average molecular weight is 299 g/mol. The monoisotopic (exact) mass is 299 g/mol. The van der Waals surface area contributed by atoms with Crippen LogP contribution in [-0.2, 0) is 4.79 Å². The third-order valence-electron chi connectivity index (χ3n) is 5.59. The molecule has 0 aromatic heterocycles. The van der Waals surface area contributed by atoms with Crippen LogP contribution in [-0.4, -0.2) is 23.9 Å². The fourth-order valence-electron chi connectivity index (χ4n) is 4.02. The van der Waals surface area contributed by atoms with Crippen molar-refractivity contribution in [3.05, 3.63) is 35.4 Å². The molecule has 2 heteroatoms. The fourth-order valence-corrected chi connectivity index (χ4v) is 4.02. The van der Waals surface area contributed by atoms with Gasteiger partial charge in [0.2, 0.25) is 5.91 Å². The van der Waals surface area contributed by atoms with Gasteiger partial charge in [0.05, 0.1) is 0 Å². The van der Waals surface area contributed by atoms with Crippen molar-refractivity contribution < 1.29 is 4.79 Å². The summed E-state index contributed by atoms with van der Waals surface area (Å²) >= 11 is 0. The van der Waals surface area contributed by atoms with E-state index in [1.807, 2.05) is 0 Å². The highest BCUT2D eigenvalue weighted by Gasteiger charge is 2.30. The largest absolute Gasteiger partial charge is 0.342 e. The third kappa shape index (κ3) is 3.37. The van der Waals surface area contributed by atoms with Gasteiger partial charge in [-0.25, -0.2) is 0 Å². The van der Waals surface area contributed by atoms with Gasteiger partial charge in [-0.05, 0) is 48.6 Å². The lowest BCUT2D eigenvalue weighted by Gasteiger charge is -2.34. The summed E-state index contributed by atoms with van der Waals surface area (Å²) in [6, 6.07) is 9.15. The molecular weight excluding hydrogens is 270 g/mol. The molecule has 1 amide bonds. The first-order valence-corrected chi connectivity index (χ1v) is 9.04. The molecule has 1 aromatic rings. The van der Waals surface area contributed by atoms with E-state index in [1.54, 1.807) is 0 Å². The molecule has 2 nitrogen and oxygen atoms in total. The van der Waals surface area contributed by atoms with Crippen LogP contribution >= 0.6 is 0 Å².